The molecule has 1 saturated heterocycles. The Hall–Kier alpha value is -2.70. The number of amides is 3. The number of rotatable bonds is 4. The highest BCUT2D eigenvalue weighted by molar-refractivity contribution is 6.07. The predicted octanol–water partition coefficient (Wildman–Crippen LogP) is 1.82. The Balaban J connectivity index is 1.48. The van der Waals surface area contributed by atoms with Crippen LogP contribution in [0.2, 0.25) is 0 Å². The summed E-state index contributed by atoms with van der Waals surface area (Å²) < 4.78 is 0. The first kappa shape index (κ1) is 14.6. The molecule has 7 nitrogen and oxygen atoms in total. The summed E-state index contributed by atoms with van der Waals surface area (Å²) in [6.07, 6.45) is 4.04. The van der Waals surface area contributed by atoms with Gasteiger partial charge in [0.05, 0.1) is 12.1 Å². The second kappa shape index (κ2) is 4.91. The first-order chi connectivity index (χ1) is 12.1. The van der Waals surface area contributed by atoms with Gasteiger partial charge in [-0.25, -0.2) is 14.8 Å². The smallest absolute Gasteiger partial charge is 0.325 e. The van der Waals surface area contributed by atoms with Crippen molar-refractivity contribution in [3.8, 4) is 0 Å². The quantitative estimate of drug-likeness (QED) is 0.829. The molecule has 0 atom stereocenters. The summed E-state index contributed by atoms with van der Waals surface area (Å²) in [6.45, 7) is 0.0564. The second-order valence-electron chi connectivity index (χ2n) is 7.28. The number of urea groups is 1. The number of carbonyl (C=O) groups excluding carboxylic acids is 2. The van der Waals surface area contributed by atoms with Crippen molar-refractivity contribution in [1.29, 1.82) is 0 Å². The van der Waals surface area contributed by atoms with Crippen LogP contribution in [0.5, 0.6) is 0 Å². The van der Waals surface area contributed by atoms with Crippen LogP contribution in [0.3, 0.4) is 0 Å². The second-order valence-corrected chi connectivity index (χ2v) is 7.28. The third kappa shape index (κ3) is 2.11. The van der Waals surface area contributed by atoms with Gasteiger partial charge in [-0.15, -0.1) is 0 Å². The lowest BCUT2D eigenvalue weighted by Crippen LogP contribution is -2.51. The number of anilines is 1. The molecule has 0 spiro atoms. The molecule has 3 aliphatic rings. The number of nitrogens with two attached hydrogens (primary N) is 1. The van der Waals surface area contributed by atoms with Gasteiger partial charge >= 0.3 is 6.03 Å². The van der Waals surface area contributed by atoms with Crippen LogP contribution < -0.4 is 11.1 Å². The number of nitrogen functional groups attached to an aromatic ring is 1. The largest absolute Gasteiger partial charge is 0.383 e. The Morgan fingerprint density at radius 3 is 2.48 bits per heavy atom. The molecule has 3 fully saturated rings. The molecule has 128 valence electrons. The Labute approximate surface area is 144 Å². The van der Waals surface area contributed by atoms with Gasteiger partial charge in [0.1, 0.15) is 11.4 Å². The van der Waals surface area contributed by atoms with Gasteiger partial charge in [0, 0.05) is 5.39 Å². The topological polar surface area (TPSA) is 101 Å². The Kier molecular flexibility index (Phi) is 2.87. The normalized spacial score (nSPS) is 22.5. The zero-order valence-electron chi connectivity index (χ0n) is 13.7. The lowest BCUT2D eigenvalue weighted by atomic mass is 9.87. The SMILES string of the molecule is Nc1nc(CN2C(=O)NC(C3CC3)(C3CC3)C2=O)nc2ccccc12. The molecule has 7 heteroatoms. The van der Waals surface area contributed by atoms with Crippen LogP contribution in [0, 0.1) is 11.8 Å². The predicted molar refractivity (Wildman–Crippen MR) is 91.2 cm³/mol. The number of carbonyl (C=O) groups is 2. The zero-order chi connectivity index (χ0) is 17.2. The Bertz CT molecular complexity index is 891. The van der Waals surface area contributed by atoms with E-state index in [0.29, 0.717) is 17.2 Å². The minimum Gasteiger partial charge on any atom is -0.383 e. The van der Waals surface area contributed by atoms with Gasteiger partial charge in [0.2, 0.25) is 0 Å². The standard InChI is InChI=1S/C18H19N5O2/c19-15-12-3-1-2-4-13(12)20-14(21-15)9-23-16(24)18(10-5-6-10,11-7-8-11)22-17(23)25/h1-4,10-11H,5-9H2,(H,22,25)(H2,19,20,21). The van der Waals surface area contributed by atoms with Crippen LogP contribution in [0.4, 0.5) is 10.6 Å². The lowest BCUT2D eigenvalue weighted by Gasteiger charge is -2.26. The van der Waals surface area contributed by atoms with Crippen molar-refractivity contribution in [2.24, 2.45) is 11.8 Å². The number of hydrogen-bond acceptors (Lipinski definition) is 5. The van der Waals surface area contributed by atoms with Gasteiger partial charge < -0.3 is 11.1 Å². The van der Waals surface area contributed by atoms with Gasteiger partial charge in [-0.1, -0.05) is 12.1 Å². The van der Waals surface area contributed by atoms with E-state index in [1.807, 2.05) is 24.3 Å². The molecule has 2 saturated carbocycles. The summed E-state index contributed by atoms with van der Waals surface area (Å²) in [7, 11) is 0. The van der Waals surface area contributed by atoms with Crippen LogP contribution in [0.1, 0.15) is 31.5 Å². The molecule has 1 aromatic carbocycles. The van der Waals surface area contributed by atoms with E-state index in [0.717, 1.165) is 31.1 Å². The number of imide groups is 1. The van der Waals surface area contributed by atoms with Crippen molar-refractivity contribution in [3.63, 3.8) is 0 Å². The number of para-hydroxylation sites is 1. The van der Waals surface area contributed by atoms with Crippen molar-refractivity contribution in [3.05, 3.63) is 30.1 Å². The number of aromatic nitrogens is 2. The molecule has 0 unspecified atom stereocenters. The van der Waals surface area contributed by atoms with Crippen molar-refractivity contribution < 1.29 is 9.59 Å². The molecule has 2 aromatic rings. The van der Waals surface area contributed by atoms with Crippen LogP contribution in [-0.4, -0.2) is 32.3 Å². The summed E-state index contributed by atoms with van der Waals surface area (Å²) >= 11 is 0. The average Bonchev–Trinajstić information content (AvgIpc) is 3.49. The zero-order valence-corrected chi connectivity index (χ0v) is 13.7. The van der Waals surface area contributed by atoms with Gasteiger partial charge in [-0.3, -0.25) is 9.69 Å². The number of benzene rings is 1. The van der Waals surface area contributed by atoms with Crippen molar-refractivity contribution >= 4 is 28.7 Å². The van der Waals surface area contributed by atoms with Crippen molar-refractivity contribution in [2.75, 3.05) is 5.73 Å². The number of nitrogens with zero attached hydrogens (tertiary/aromatic N) is 3. The van der Waals surface area contributed by atoms with E-state index >= 15 is 0 Å². The Morgan fingerprint density at radius 1 is 1.12 bits per heavy atom. The summed E-state index contributed by atoms with van der Waals surface area (Å²) in [6, 6.07) is 7.12. The average molecular weight is 337 g/mol. The molecule has 2 aliphatic carbocycles. The van der Waals surface area contributed by atoms with Crippen LogP contribution in [-0.2, 0) is 11.3 Å². The maximum absolute atomic E-state index is 13.1. The fourth-order valence-corrected chi connectivity index (χ4v) is 4.08. The number of hydrogen-bond donors (Lipinski definition) is 2. The van der Waals surface area contributed by atoms with E-state index in [-0.39, 0.29) is 30.3 Å². The molecule has 0 radical (unpaired) electrons. The molecule has 1 aromatic heterocycles. The van der Waals surface area contributed by atoms with Gasteiger partial charge in [0.15, 0.2) is 5.82 Å². The van der Waals surface area contributed by atoms with Gasteiger partial charge in [0.25, 0.3) is 5.91 Å². The third-order valence-electron chi connectivity index (χ3n) is 5.58. The van der Waals surface area contributed by atoms with Gasteiger partial charge in [-0.05, 0) is 49.7 Å². The first-order valence-electron chi connectivity index (χ1n) is 8.75. The molecule has 3 N–H and O–H groups in total. The van der Waals surface area contributed by atoms with Crippen molar-refractivity contribution in [1.82, 2.24) is 20.2 Å². The summed E-state index contributed by atoms with van der Waals surface area (Å²) in [5, 5.41) is 3.79. The third-order valence-corrected chi connectivity index (χ3v) is 5.58. The maximum Gasteiger partial charge on any atom is 0.325 e. The van der Waals surface area contributed by atoms with Crippen molar-refractivity contribution in [2.45, 2.75) is 37.8 Å². The molecule has 25 heavy (non-hydrogen) atoms. The first-order valence-corrected chi connectivity index (χ1v) is 8.75. The van der Waals surface area contributed by atoms with E-state index in [2.05, 4.69) is 15.3 Å². The highest BCUT2D eigenvalue weighted by Crippen LogP contribution is 2.54. The number of fused-ring (bicyclic) bond motifs is 1. The maximum atomic E-state index is 13.1. The van der Waals surface area contributed by atoms with Crippen LogP contribution in [0.15, 0.2) is 24.3 Å². The molecular formula is C18H19N5O2. The fourth-order valence-electron chi connectivity index (χ4n) is 4.08. The minimum absolute atomic E-state index is 0.0564. The molecule has 2 heterocycles. The molecular weight excluding hydrogens is 318 g/mol. The van der Waals surface area contributed by atoms with E-state index < -0.39 is 5.54 Å². The number of nitrogens with one attached hydrogen (secondary N) is 1. The van der Waals surface area contributed by atoms with E-state index in [9.17, 15) is 9.59 Å². The highest BCUT2D eigenvalue weighted by atomic mass is 16.2. The monoisotopic (exact) mass is 337 g/mol. The van der Waals surface area contributed by atoms with E-state index in [1.165, 1.54) is 4.90 Å². The summed E-state index contributed by atoms with van der Waals surface area (Å²) in [5.41, 5.74) is 6.05. The minimum atomic E-state index is -0.681. The molecule has 5 rings (SSSR count). The van der Waals surface area contributed by atoms with Gasteiger partial charge in [-0.2, -0.15) is 0 Å². The molecule has 0 bridgehead atoms. The Morgan fingerprint density at radius 2 is 1.80 bits per heavy atom. The van der Waals surface area contributed by atoms with E-state index in [1.54, 1.807) is 0 Å². The van der Waals surface area contributed by atoms with Crippen LogP contribution >= 0.6 is 0 Å². The fraction of sp³-hybridized carbons (Fsp3) is 0.444. The molecule has 1 aliphatic heterocycles. The summed E-state index contributed by atoms with van der Waals surface area (Å²) in [5.74, 6) is 1.20. The van der Waals surface area contributed by atoms with Crippen LogP contribution in [0.25, 0.3) is 10.9 Å². The van der Waals surface area contributed by atoms with E-state index in [4.69, 9.17) is 5.73 Å². The summed E-state index contributed by atoms with van der Waals surface area (Å²) in [4.78, 5) is 35.7. The lowest BCUT2D eigenvalue weighted by molar-refractivity contribution is -0.133. The molecule has 3 amide bonds. The highest BCUT2D eigenvalue weighted by Gasteiger charge is 2.65.